The number of nitrogen functional groups attached to an aromatic ring is 1. The van der Waals surface area contributed by atoms with E-state index in [1.165, 1.54) is 28.2 Å². The van der Waals surface area contributed by atoms with Crippen LogP contribution in [0.25, 0.3) is 36.9 Å². The van der Waals surface area contributed by atoms with Crippen LogP contribution in [0.4, 0.5) is 11.4 Å². The minimum Gasteiger partial charge on any atom is -0.493 e. The van der Waals surface area contributed by atoms with Crippen molar-refractivity contribution in [2.24, 2.45) is 25.3 Å². The number of ether oxygens (including phenoxy) is 4. The molecule has 0 atom stereocenters. The van der Waals surface area contributed by atoms with E-state index in [-0.39, 0.29) is 47.7 Å². The molecule has 0 bridgehead atoms. The van der Waals surface area contributed by atoms with Gasteiger partial charge in [0, 0.05) is 38.3 Å². The van der Waals surface area contributed by atoms with E-state index in [1.54, 1.807) is 36.4 Å². The van der Waals surface area contributed by atoms with Crippen molar-refractivity contribution in [2.75, 3.05) is 55.9 Å². The van der Waals surface area contributed by atoms with Crippen LogP contribution in [0.15, 0.2) is 122 Å². The average Bonchev–Trinajstić information content (AvgIpc) is 3.23. The van der Waals surface area contributed by atoms with E-state index in [2.05, 4.69) is 85.7 Å². The fourth-order valence-electron chi connectivity index (χ4n) is 3.32. The summed E-state index contributed by atoms with van der Waals surface area (Å²) in [6.07, 6.45) is 0. The van der Waals surface area contributed by atoms with Crippen molar-refractivity contribution >= 4 is 67.4 Å². The predicted octanol–water partition coefficient (Wildman–Crippen LogP) is 9.61. The van der Waals surface area contributed by atoms with Crippen LogP contribution in [0.5, 0.6) is 23.0 Å². The summed E-state index contributed by atoms with van der Waals surface area (Å²) in [5.74, 6) is 3.11. The molecule has 0 aliphatic carbocycles. The second-order valence-corrected chi connectivity index (χ2v) is 11.7. The van der Waals surface area contributed by atoms with Gasteiger partial charge in [0.25, 0.3) is 5.69 Å². The molecular weight excluding hydrogens is 968 g/mol. The Morgan fingerprint density at radius 3 is 1.27 bits per heavy atom. The number of alkyl halides is 2. The van der Waals surface area contributed by atoms with Gasteiger partial charge >= 0.3 is 29.6 Å². The number of nitrogens with zero attached hydrogens (tertiary/aromatic N) is 13. The summed E-state index contributed by atoms with van der Waals surface area (Å²) in [5.41, 5.74) is 44.1. The van der Waals surface area contributed by atoms with Crippen molar-refractivity contribution in [3.8, 4) is 23.0 Å². The number of halogens is 4. The molecule has 0 fully saturated rings. The molecule has 318 valence electrons. The zero-order chi connectivity index (χ0) is 43.7. The number of azide groups is 2. The van der Waals surface area contributed by atoms with Crippen molar-refractivity contribution in [1.29, 1.82) is 5.53 Å². The Morgan fingerprint density at radius 2 is 1.00 bits per heavy atom. The molecule has 60 heavy (non-hydrogen) atoms. The average molecular weight is 1010 g/mol. The smallest absolute Gasteiger partial charge is 0.493 e. The molecule has 4 aromatic carbocycles. The molecule has 0 aliphatic heterocycles. The topological polar surface area (TPSA) is 323 Å². The molecule has 0 saturated carbocycles. The minimum absolute atomic E-state index is 0. The Labute approximate surface area is 396 Å². The van der Waals surface area contributed by atoms with E-state index in [0.717, 1.165) is 34.5 Å². The molecule has 0 aliphatic rings. The van der Waals surface area contributed by atoms with Crippen LogP contribution in [-0.4, -0.2) is 55.1 Å². The van der Waals surface area contributed by atoms with Crippen LogP contribution in [0.3, 0.4) is 0 Å². The van der Waals surface area contributed by atoms with E-state index in [9.17, 15) is 10.1 Å². The van der Waals surface area contributed by atoms with Crippen LogP contribution >= 0.6 is 56.0 Å². The number of benzene rings is 4. The number of nitro benzene ring substituents is 1. The third-order valence-electron chi connectivity index (χ3n) is 5.79. The maximum absolute atomic E-state index is 10.3. The molecule has 21 nitrogen and oxygen atoms in total. The minimum atomic E-state index is -0.436. The van der Waals surface area contributed by atoms with Crippen LogP contribution in [0, 0.1) is 29.5 Å². The number of aryl methyl sites for hydroxylation is 2. The molecule has 0 unspecified atom stereocenters. The second-order valence-electron chi connectivity index (χ2n) is 9.98. The largest absolute Gasteiger partial charge is 1.00 e. The molecule has 4 aromatic rings. The van der Waals surface area contributed by atoms with E-state index < -0.39 is 4.92 Å². The summed E-state index contributed by atoms with van der Waals surface area (Å²) in [4.78, 5) is 16.6. The zero-order valence-corrected chi connectivity index (χ0v) is 39.5. The van der Waals surface area contributed by atoms with Gasteiger partial charge in [-0.15, -0.1) is 12.4 Å². The van der Waals surface area contributed by atoms with Crippen LogP contribution in [-0.2, 0) is 0 Å². The first-order valence-electron chi connectivity index (χ1n) is 16.3. The van der Waals surface area contributed by atoms with Gasteiger partial charge < -0.3 is 35.7 Å². The molecule has 26 heteroatoms. The molecule has 0 radical (unpaired) electrons. The molecule has 0 aromatic heterocycles. The molecule has 4 rings (SSSR count). The maximum atomic E-state index is 10.3. The van der Waals surface area contributed by atoms with E-state index in [1.807, 2.05) is 55.5 Å². The van der Waals surface area contributed by atoms with E-state index in [0.29, 0.717) is 44.3 Å². The quantitative estimate of drug-likeness (QED) is 0.0126. The Morgan fingerprint density at radius 1 is 0.683 bits per heavy atom. The molecule has 0 spiro atoms. The fourth-order valence-corrected chi connectivity index (χ4v) is 3.68. The third kappa shape index (κ3) is 38.5. The summed E-state index contributed by atoms with van der Waals surface area (Å²) < 4.78 is 23.7. The summed E-state index contributed by atoms with van der Waals surface area (Å²) in [7, 11) is 0. The van der Waals surface area contributed by atoms with Gasteiger partial charge in [-0.1, -0.05) is 82.1 Å². The van der Waals surface area contributed by atoms with Crippen LogP contribution in [0.1, 0.15) is 11.1 Å². The van der Waals surface area contributed by atoms with Crippen molar-refractivity contribution in [1.82, 2.24) is 0 Å². The summed E-state index contributed by atoms with van der Waals surface area (Å²) in [5, 5.41) is 23.7. The van der Waals surface area contributed by atoms with Gasteiger partial charge in [-0.25, -0.2) is 0 Å². The third-order valence-corrected chi connectivity index (χ3v) is 6.50. The molecular formula is C34H42Br2Cl2N15NaO6. The van der Waals surface area contributed by atoms with Gasteiger partial charge in [-0.05, 0) is 96.0 Å². The van der Waals surface area contributed by atoms with Crippen molar-refractivity contribution in [2.45, 2.75) is 13.8 Å². The van der Waals surface area contributed by atoms with Crippen molar-refractivity contribution < 1.29 is 53.4 Å². The van der Waals surface area contributed by atoms with Crippen molar-refractivity contribution in [3.63, 3.8) is 0 Å². The Balaban J connectivity index is -0.000000325. The van der Waals surface area contributed by atoms with Gasteiger partial charge in [0.05, 0.1) is 56.2 Å². The number of nitro groups is 1. The Kier molecular flexibility index (Phi) is 46.3. The maximum Gasteiger partial charge on any atom is 1.00 e. The normalized spacial score (nSPS) is 8.62. The van der Waals surface area contributed by atoms with Gasteiger partial charge in [-0.2, -0.15) is 5.53 Å². The van der Waals surface area contributed by atoms with Gasteiger partial charge in [-0.3, -0.25) is 15.0 Å². The number of hydrogen-bond donors (Lipinski definition) is 2. The van der Waals surface area contributed by atoms with E-state index in [4.69, 9.17) is 52.3 Å². The fraction of sp³-hybridized carbons (Fsp3) is 0.294. The predicted molar refractivity (Wildman–Crippen MR) is 237 cm³/mol. The molecule has 0 amide bonds. The number of non-ortho nitro benzene ring substituents is 1. The SMILES string of the molecule is Cc1ccc(OCCBr)cc1.Cc1ccc(OCCN=[N+]=[N-])cc1.Cl.N=NN=NCl.O=[N+]([O-])c1ccc(OCCBr)cc1.[N-]=[N+]=NCCOc1ccc(N)cc1.[N-]=[N+]=[N-].[Na+]. The van der Waals surface area contributed by atoms with Gasteiger partial charge in [0.2, 0.25) is 0 Å². The number of anilines is 1. The second kappa shape index (κ2) is 45.0. The standard InChI is InChI=1S/C9H11BrO.C9H11N3O.C8H8BrNO3.C8H10N4O.ClHN4.ClH.N3.Na/c1-8-2-4-9(5-3-8)11-7-6-10;1-8-2-4-9(5-3-8)13-7-6-11-12-10;9-5-6-13-8-3-1-7(2-4-8)10(11)12;9-7-1-3-8(4-2-7)13-6-5-11-12-10;1-3-5-4-2;;1-3-2;/h2-5H,6-7H2,1H3;2-5H,6-7H2,1H3;1-4H,5-6H2;1-4H,5-6,9H2;2H;1H;;/q;;;;;;-1;+1. The first kappa shape index (κ1) is 61.6. The summed E-state index contributed by atoms with van der Waals surface area (Å²) in [6.45, 7) is 6.87. The zero-order valence-electron chi connectivity index (χ0n) is 32.8. The Bertz CT molecular complexity index is 1780. The summed E-state index contributed by atoms with van der Waals surface area (Å²) >= 11 is 11.1. The molecule has 0 heterocycles. The number of hydrogen-bond acceptors (Lipinski definition) is 11. The first-order valence-corrected chi connectivity index (χ1v) is 18.9. The number of nitrogens with one attached hydrogen (secondary N) is 1. The summed E-state index contributed by atoms with van der Waals surface area (Å²) in [6, 6.07) is 28.9. The monoisotopic (exact) mass is 1010 g/mol. The van der Waals surface area contributed by atoms with Gasteiger partial charge in [0.15, 0.2) is 0 Å². The van der Waals surface area contributed by atoms with E-state index >= 15 is 0 Å². The number of nitrogens with two attached hydrogens (primary N) is 1. The van der Waals surface area contributed by atoms with Crippen LogP contribution < -0.4 is 54.2 Å². The molecule has 3 N–H and O–H groups in total. The number of rotatable bonds is 16. The van der Waals surface area contributed by atoms with Gasteiger partial charge in [0.1, 0.15) is 23.0 Å². The van der Waals surface area contributed by atoms with Crippen LogP contribution in [0.2, 0.25) is 0 Å². The van der Waals surface area contributed by atoms with Crippen molar-refractivity contribution in [3.05, 3.63) is 155 Å². The molecule has 0 saturated heterocycles. The first-order chi connectivity index (χ1) is 28.0. The Hall–Kier alpha value is -5.05.